The third-order valence-corrected chi connectivity index (χ3v) is 6.06. The van der Waals surface area contributed by atoms with Crippen LogP contribution in [-0.2, 0) is 16.0 Å². The number of unbranched alkanes of at least 4 members (excludes halogenated alkanes) is 3. The second kappa shape index (κ2) is 12.7. The first-order chi connectivity index (χ1) is 15.2. The van der Waals surface area contributed by atoms with Crippen LogP contribution in [0, 0.1) is 5.92 Å². The van der Waals surface area contributed by atoms with Gasteiger partial charge in [-0.25, -0.2) is 0 Å². The fraction of sp³-hybridized carbons (Fsp3) is 0.600. The fourth-order valence-electron chi connectivity index (χ4n) is 4.05. The lowest BCUT2D eigenvalue weighted by molar-refractivity contribution is -0.148. The zero-order chi connectivity index (χ0) is 23.6. The number of hydrogen-bond acceptors (Lipinski definition) is 3. The van der Waals surface area contributed by atoms with E-state index in [1.807, 2.05) is 25.1 Å². The number of hydrogen-bond donors (Lipinski definition) is 2. The molecule has 2 rings (SSSR count). The SMILES string of the molecule is C[C@H](CCCc1ccccc1)[C@H](O)C=C[C@H]1CC(F)(F)C(=O)N1CCCCCCC(=O)O. The monoisotopic (exact) mass is 451 g/mol. The van der Waals surface area contributed by atoms with Crippen LogP contribution < -0.4 is 0 Å². The van der Waals surface area contributed by atoms with Crippen LogP contribution in [0.3, 0.4) is 0 Å². The summed E-state index contributed by atoms with van der Waals surface area (Å²) < 4.78 is 28.0. The Morgan fingerprint density at radius 3 is 2.56 bits per heavy atom. The molecule has 5 nitrogen and oxygen atoms in total. The third kappa shape index (κ3) is 8.34. The van der Waals surface area contributed by atoms with E-state index in [0.717, 1.165) is 19.3 Å². The third-order valence-electron chi connectivity index (χ3n) is 6.06. The molecule has 0 spiro atoms. The summed E-state index contributed by atoms with van der Waals surface area (Å²) in [6.45, 7) is 2.14. The molecule has 3 atom stereocenters. The Kier molecular flexibility index (Phi) is 10.3. The summed E-state index contributed by atoms with van der Waals surface area (Å²) in [5.41, 5.74) is 1.25. The number of benzene rings is 1. The van der Waals surface area contributed by atoms with E-state index in [0.29, 0.717) is 25.7 Å². The van der Waals surface area contributed by atoms with Gasteiger partial charge in [0.25, 0.3) is 5.91 Å². The van der Waals surface area contributed by atoms with Gasteiger partial charge in [-0.05, 0) is 43.6 Å². The van der Waals surface area contributed by atoms with Crippen LogP contribution >= 0.6 is 0 Å². The average molecular weight is 452 g/mol. The highest BCUT2D eigenvalue weighted by Gasteiger charge is 2.52. The molecular weight excluding hydrogens is 416 g/mol. The summed E-state index contributed by atoms with van der Waals surface area (Å²) in [7, 11) is 0. The molecule has 0 aliphatic carbocycles. The quantitative estimate of drug-likeness (QED) is 0.314. The summed E-state index contributed by atoms with van der Waals surface area (Å²) in [6.07, 6.45) is 6.95. The predicted octanol–water partition coefficient (Wildman–Crippen LogP) is 4.83. The van der Waals surface area contributed by atoms with E-state index in [9.17, 15) is 23.5 Å². The van der Waals surface area contributed by atoms with Gasteiger partial charge in [0.05, 0.1) is 12.1 Å². The molecule has 0 saturated carbocycles. The molecule has 0 unspecified atom stereocenters. The van der Waals surface area contributed by atoms with Crippen molar-refractivity contribution in [1.29, 1.82) is 0 Å². The van der Waals surface area contributed by atoms with Crippen molar-refractivity contribution in [2.75, 3.05) is 6.54 Å². The first kappa shape index (κ1) is 26.0. The molecule has 1 aromatic carbocycles. The van der Waals surface area contributed by atoms with Crippen LogP contribution in [0.4, 0.5) is 8.78 Å². The van der Waals surface area contributed by atoms with E-state index in [4.69, 9.17) is 5.11 Å². The van der Waals surface area contributed by atoms with Gasteiger partial charge in [0, 0.05) is 19.4 Å². The molecule has 0 radical (unpaired) electrons. The summed E-state index contributed by atoms with van der Waals surface area (Å²) in [4.78, 5) is 23.8. The van der Waals surface area contributed by atoms with Crippen molar-refractivity contribution in [3.63, 3.8) is 0 Å². The maximum absolute atomic E-state index is 14.0. The first-order valence-corrected chi connectivity index (χ1v) is 11.5. The van der Waals surface area contributed by atoms with Gasteiger partial charge in [-0.15, -0.1) is 0 Å². The average Bonchev–Trinajstić information content (AvgIpc) is 2.97. The maximum atomic E-state index is 14.0. The van der Waals surface area contributed by atoms with E-state index in [1.54, 1.807) is 12.2 Å². The minimum atomic E-state index is -3.38. The number of carboxylic acid groups (broad SMARTS) is 1. The molecule has 1 aliphatic heterocycles. The van der Waals surface area contributed by atoms with Gasteiger partial charge in [-0.3, -0.25) is 9.59 Å². The highest BCUT2D eigenvalue weighted by atomic mass is 19.3. The molecule has 178 valence electrons. The highest BCUT2D eigenvalue weighted by molar-refractivity contribution is 5.86. The molecule has 0 bridgehead atoms. The number of nitrogens with zero attached hydrogens (tertiary/aromatic N) is 1. The molecule has 1 heterocycles. The summed E-state index contributed by atoms with van der Waals surface area (Å²) in [6, 6.07) is 9.37. The first-order valence-electron chi connectivity index (χ1n) is 11.5. The number of halogens is 2. The van der Waals surface area contributed by atoms with Crippen LogP contribution in [-0.4, -0.2) is 51.6 Å². The van der Waals surface area contributed by atoms with Crippen LogP contribution in [0.15, 0.2) is 42.5 Å². The minimum absolute atomic E-state index is 0.0183. The van der Waals surface area contributed by atoms with E-state index < -0.39 is 36.4 Å². The molecule has 1 aromatic rings. The molecule has 2 N–H and O–H groups in total. The molecule has 0 aromatic heterocycles. The van der Waals surface area contributed by atoms with Gasteiger partial charge in [-0.2, -0.15) is 8.78 Å². The molecule has 7 heteroatoms. The number of amides is 1. The Balaban J connectivity index is 1.81. The predicted molar refractivity (Wildman–Crippen MR) is 119 cm³/mol. The van der Waals surface area contributed by atoms with Crippen LogP contribution in [0.2, 0.25) is 0 Å². The molecule has 1 aliphatic rings. The molecule has 1 saturated heterocycles. The van der Waals surface area contributed by atoms with Crippen molar-refractivity contribution in [2.24, 2.45) is 5.92 Å². The van der Waals surface area contributed by atoms with Gasteiger partial charge in [0.15, 0.2) is 0 Å². The van der Waals surface area contributed by atoms with Gasteiger partial charge < -0.3 is 15.1 Å². The number of aryl methyl sites for hydroxylation is 1. The van der Waals surface area contributed by atoms with E-state index in [2.05, 4.69) is 12.1 Å². The normalized spacial score (nSPS) is 20.1. The van der Waals surface area contributed by atoms with Crippen molar-refractivity contribution >= 4 is 11.9 Å². The van der Waals surface area contributed by atoms with Gasteiger partial charge in [0.1, 0.15) is 0 Å². The minimum Gasteiger partial charge on any atom is -0.481 e. The van der Waals surface area contributed by atoms with E-state index >= 15 is 0 Å². The molecule has 1 fully saturated rings. The van der Waals surface area contributed by atoms with Crippen LogP contribution in [0.25, 0.3) is 0 Å². The van der Waals surface area contributed by atoms with Crippen molar-refractivity contribution in [3.05, 3.63) is 48.0 Å². The van der Waals surface area contributed by atoms with Gasteiger partial charge in [0.2, 0.25) is 0 Å². The second-order valence-corrected chi connectivity index (χ2v) is 8.76. The van der Waals surface area contributed by atoms with Crippen molar-refractivity contribution in [3.8, 4) is 0 Å². The molecule has 1 amide bonds. The number of carboxylic acids is 1. The van der Waals surface area contributed by atoms with Crippen molar-refractivity contribution in [2.45, 2.75) is 82.8 Å². The number of carbonyl (C=O) groups is 2. The van der Waals surface area contributed by atoms with E-state index in [-0.39, 0.29) is 18.9 Å². The molecular formula is C25H35F2NO4. The number of alkyl halides is 2. The number of likely N-dealkylation sites (tertiary alicyclic amines) is 1. The lowest BCUT2D eigenvalue weighted by Gasteiger charge is -2.22. The second-order valence-electron chi connectivity index (χ2n) is 8.76. The van der Waals surface area contributed by atoms with Gasteiger partial charge in [-0.1, -0.05) is 62.2 Å². The van der Waals surface area contributed by atoms with E-state index in [1.165, 1.54) is 10.5 Å². The Labute approximate surface area is 189 Å². The Morgan fingerprint density at radius 1 is 1.19 bits per heavy atom. The largest absolute Gasteiger partial charge is 0.481 e. The highest BCUT2D eigenvalue weighted by Crippen LogP contribution is 2.34. The summed E-state index contributed by atoms with van der Waals surface area (Å²) in [5.74, 6) is -5.42. The lowest BCUT2D eigenvalue weighted by atomic mass is 9.95. The Bertz CT molecular complexity index is 754. The zero-order valence-electron chi connectivity index (χ0n) is 18.8. The Morgan fingerprint density at radius 2 is 1.88 bits per heavy atom. The van der Waals surface area contributed by atoms with Crippen LogP contribution in [0.1, 0.15) is 63.9 Å². The topological polar surface area (TPSA) is 77.8 Å². The van der Waals surface area contributed by atoms with Crippen LogP contribution in [0.5, 0.6) is 0 Å². The van der Waals surface area contributed by atoms with Crippen molar-refractivity contribution in [1.82, 2.24) is 4.90 Å². The number of aliphatic carboxylic acids is 1. The number of aliphatic hydroxyl groups is 1. The number of rotatable bonds is 14. The number of aliphatic hydroxyl groups excluding tert-OH is 1. The van der Waals surface area contributed by atoms with Crippen molar-refractivity contribution < 1.29 is 28.6 Å². The molecule has 32 heavy (non-hydrogen) atoms. The van der Waals surface area contributed by atoms with Gasteiger partial charge >= 0.3 is 11.9 Å². The Hall–Kier alpha value is -2.28. The zero-order valence-corrected chi connectivity index (χ0v) is 18.8. The fourth-order valence-corrected chi connectivity index (χ4v) is 4.05. The maximum Gasteiger partial charge on any atom is 0.327 e. The smallest absolute Gasteiger partial charge is 0.327 e. The number of carbonyl (C=O) groups excluding carboxylic acids is 1. The summed E-state index contributed by atoms with van der Waals surface area (Å²) >= 11 is 0. The standard InChI is InChI=1S/C25H35F2NO4/c1-19(10-9-13-20-11-5-4-6-12-20)22(29)16-15-21-18-25(26,27)24(32)28(21)17-8-3-2-7-14-23(30)31/h4-6,11-12,15-16,19,21-22,29H,2-3,7-10,13-14,17-18H2,1H3,(H,30,31)/t19-,21+,22-/m1/s1. The summed E-state index contributed by atoms with van der Waals surface area (Å²) in [5, 5.41) is 19.1. The lowest BCUT2D eigenvalue weighted by Crippen LogP contribution is -2.36.